The van der Waals surface area contributed by atoms with Gasteiger partial charge in [-0.15, -0.1) is 22.7 Å². The Kier molecular flexibility index (Phi) is 5.46. The van der Waals surface area contributed by atoms with E-state index >= 15 is 0 Å². The monoisotopic (exact) mass is 443 g/mol. The summed E-state index contributed by atoms with van der Waals surface area (Å²) in [6, 6.07) is 18.5. The molecule has 1 N–H and O–H groups in total. The lowest BCUT2D eigenvalue weighted by Crippen LogP contribution is -2.34. The molecule has 0 fully saturated rings. The summed E-state index contributed by atoms with van der Waals surface area (Å²) in [6.07, 6.45) is 0. The highest BCUT2D eigenvalue weighted by atomic mass is 32.2. The molecule has 0 unspecified atom stereocenters. The van der Waals surface area contributed by atoms with E-state index < -0.39 is 15.9 Å². The van der Waals surface area contributed by atoms with E-state index in [0.717, 1.165) is 36.4 Å². The van der Waals surface area contributed by atoms with Gasteiger partial charge in [-0.2, -0.15) is 4.31 Å². The third-order valence-corrected chi connectivity index (χ3v) is 8.47. The summed E-state index contributed by atoms with van der Waals surface area (Å²) in [5, 5.41) is 5.32. The van der Waals surface area contributed by atoms with Crippen molar-refractivity contribution in [3.8, 4) is 10.6 Å². The molecule has 4 aromatic rings. The molecule has 0 bridgehead atoms. The molecule has 6 nitrogen and oxygen atoms in total. The minimum atomic E-state index is -3.67. The number of hydrogen-bond acceptors (Lipinski definition) is 6. The zero-order valence-corrected chi connectivity index (χ0v) is 17.9. The van der Waals surface area contributed by atoms with Crippen molar-refractivity contribution in [3.63, 3.8) is 0 Å². The number of para-hydroxylation sites is 1. The first-order valence-corrected chi connectivity index (χ1v) is 11.8. The van der Waals surface area contributed by atoms with E-state index in [-0.39, 0.29) is 10.8 Å². The third-order valence-electron chi connectivity index (χ3n) is 4.21. The van der Waals surface area contributed by atoms with Crippen molar-refractivity contribution < 1.29 is 13.2 Å². The highest BCUT2D eigenvalue weighted by molar-refractivity contribution is 7.91. The van der Waals surface area contributed by atoms with E-state index in [1.165, 1.54) is 13.1 Å². The molecule has 29 heavy (non-hydrogen) atoms. The molecule has 9 heteroatoms. The van der Waals surface area contributed by atoms with Gasteiger partial charge in [-0.3, -0.25) is 4.79 Å². The second-order valence-corrected chi connectivity index (χ2v) is 10.6. The van der Waals surface area contributed by atoms with E-state index in [9.17, 15) is 13.2 Å². The smallest absolute Gasteiger partial charge is 0.252 e. The van der Waals surface area contributed by atoms with Crippen LogP contribution in [0.5, 0.6) is 0 Å². The van der Waals surface area contributed by atoms with E-state index in [1.54, 1.807) is 28.8 Å². The number of likely N-dealkylation sites (N-methyl/N-ethyl adjacent to an activating group) is 1. The lowest BCUT2D eigenvalue weighted by Gasteiger charge is -2.15. The number of fused-ring (bicyclic) bond motifs is 1. The summed E-state index contributed by atoms with van der Waals surface area (Å²) >= 11 is 2.70. The summed E-state index contributed by atoms with van der Waals surface area (Å²) in [4.78, 5) is 17.0. The van der Waals surface area contributed by atoms with Crippen molar-refractivity contribution in [1.29, 1.82) is 0 Å². The Morgan fingerprint density at radius 1 is 1.10 bits per heavy atom. The molecule has 2 aromatic carbocycles. The van der Waals surface area contributed by atoms with Crippen molar-refractivity contribution in [1.82, 2.24) is 9.29 Å². The molecule has 0 aliphatic carbocycles. The van der Waals surface area contributed by atoms with Crippen molar-refractivity contribution >= 4 is 54.5 Å². The number of carbonyl (C=O) groups is 1. The van der Waals surface area contributed by atoms with Crippen LogP contribution in [-0.2, 0) is 14.8 Å². The number of anilines is 1. The molecule has 4 rings (SSSR count). The van der Waals surface area contributed by atoms with Gasteiger partial charge < -0.3 is 5.32 Å². The number of nitrogens with zero attached hydrogens (tertiary/aromatic N) is 2. The molecule has 2 aromatic heterocycles. The summed E-state index contributed by atoms with van der Waals surface area (Å²) in [5.41, 5.74) is 2.42. The van der Waals surface area contributed by atoms with Gasteiger partial charge in [0.05, 0.1) is 16.8 Å². The first-order chi connectivity index (χ1) is 13.9. The zero-order chi connectivity index (χ0) is 20.4. The molecule has 0 atom stereocenters. The van der Waals surface area contributed by atoms with Gasteiger partial charge in [0.25, 0.3) is 10.0 Å². The predicted molar refractivity (Wildman–Crippen MR) is 118 cm³/mol. The summed E-state index contributed by atoms with van der Waals surface area (Å²) < 4.78 is 27.3. The molecule has 0 radical (unpaired) electrons. The van der Waals surface area contributed by atoms with E-state index in [0.29, 0.717) is 5.69 Å². The fourth-order valence-electron chi connectivity index (χ4n) is 2.78. The Bertz CT molecular complexity index is 1230. The lowest BCUT2D eigenvalue weighted by molar-refractivity contribution is -0.116. The number of amides is 1. The fourth-order valence-corrected chi connectivity index (χ4v) is 6.07. The Labute approximate surface area is 176 Å². The quantitative estimate of drug-likeness (QED) is 0.482. The third kappa shape index (κ3) is 4.23. The van der Waals surface area contributed by atoms with Crippen LogP contribution in [0.3, 0.4) is 0 Å². The van der Waals surface area contributed by atoms with Crippen LogP contribution in [0.4, 0.5) is 5.69 Å². The van der Waals surface area contributed by atoms with Gasteiger partial charge in [0.15, 0.2) is 0 Å². The Balaban J connectivity index is 1.48. The maximum absolute atomic E-state index is 12.5. The van der Waals surface area contributed by atoms with Crippen LogP contribution >= 0.6 is 22.7 Å². The Morgan fingerprint density at radius 2 is 1.93 bits per heavy atom. The number of thiazole rings is 1. The van der Waals surface area contributed by atoms with Crippen LogP contribution in [0.15, 0.2) is 70.3 Å². The number of rotatable bonds is 6. The first kappa shape index (κ1) is 19.7. The summed E-state index contributed by atoms with van der Waals surface area (Å²) in [6.45, 7) is -0.272. The van der Waals surface area contributed by atoms with Gasteiger partial charge in [0.1, 0.15) is 9.22 Å². The number of sulfonamides is 1. The second kappa shape index (κ2) is 8.03. The number of nitrogens with one attached hydrogen (secondary N) is 1. The Morgan fingerprint density at radius 3 is 2.69 bits per heavy atom. The molecule has 0 aliphatic rings. The maximum atomic E-state index is 12.5. The van der Waals surface area contributed by atoms with E-state index in [4.69, 9.17) is 0 Å². The van der Waals surface area contributed by atoms with Gasteiger partial charge in [0.2, 0.25) is 5.91 Å². The predicted octanol–water partition coefficient (Wildman–Crippen LogP) is 4.28. The minimum absolute atomic E-state index is 0.214. The van der Waals surface area contributed by atoms with Crippen LogP contribution in [0.1, 0.15) is 0 Å². The van der Waals surface area contributed by atoms with Gasteiger partial charge in [-0.1, -0.05) is 30.3 Å². The van der Waals surface area contributed by atoms with Gasteiger partial charge in [-0.05, 0) is 35.7 Å². The first-order valence-electron chi connectivity index (χ1n) is 8.69. The number of hydrogen-bond donors (Lipinski definition) is 1. The second-order valence-electron chi connectivity index (χ2n) is 6.31. The van der Waals surface area contributed by atoms with E-state index in [2.05, 4.69) is 10.3 Å². The molecule has 0 saturated heterocycles. The lowest BCUT2D eigenvalue weighted by atomic mass is 10.2. The maximum Gasteiger partial charge on any atom is 0.252 e. The topological polar surface area (TPSA) is 79.4 Å². The average molecular weight is 444 g/mol. The van der Waals surface area contributed by atoms with Gasteiger partial charge >= 0.3 is 0 Å². The standard InChI is InChI=1S/C20H17N3O3S3/c1-23(29(25,26)19-10-5-11-27-19)13-18(24)21-15-7-4-6-14(12-15)20-22-16-8-2-3-9-17(16)28-20/h2-12H,13H2,1H3,(H,21,24). The van der Waals surface area contributed by atoms with Crippen molar-refractivity contribution in [2.45, 2.75) is 4.21 Å². The van der Waals surface area contributed by atoms with Gasteiger partial charge in [0, 0.05) is 18.3 Å². The number of benzene rings is 2. The van der Waals surface area contributed by atoms with E-state index in [1.807, 2.05) is 42.5 Å². The highest BCUT2D eigenvalue weighted by Crippen LogP contribution is 2.31. The van der Waals surface area contributed by atoms with Crippen LogP contribution < -0.4 is 5.32 Å². The number of aromatic nitrogens is 1. The van der Waals surface area contributed by atoms with Crippen LogP contribution in [0.25, 0.3) is 20.8 Å². The van der Waals surface area contributed by atoms with Crippen molar-refractivity contribution in [2.75, 3.05) is 18.9 Å². The van der Waals surface area contributed by atoms with Crippen LogP contribution in [0, 0.1) is 0 Å². The number of thiophene rings is 1. The van der Waals surface area contributed by atoms with Crippen molar-refractivity contribution in [3.05, 3.63) is 66.0 Å². The average Bonchev–Trinajstić information content (AvgIpc) is 3.38. The molecule has 0 saturated carbocycles. The SMILES string of the molecule is CN(CC(=O)Nc1cccc(-c2nc3ccccc3s2)c1)S(=O)(=O)c1cccs1. The van der Waals surface area contributed by atoms with Gasteiger partial charge in [-0.25, -0.2) is 13.4 Å². The molecular formula is C20H17N3O3S3. The molecule has 148 valence electrons. The molecule has 0 spiro atoms. The van der Waals surface area contributed by atoms with Crippen LogP contribution in [-0.4, -0.2) is 37.2 Å². The summed E-state index contributed by atoms with van der Waals surface area (Å²) in [7, 11) is -2.27. The zero-order valence-electron chi connectivity index (χ0n) is 15.4. The molecule has 0 aliphatic heterocycles. The molecule has 1 amide bonds. The highest BCUT2D eigenvalue weighted by Gasteiger charge is 2.23. The van der Waals surface area contributed by atoms with Crippen molar-refractivity contribution in [2.24, 2.45) is 0 Å². The van der Waals surface area contributed by atoms with Crippen LogP contribution in [0.2, 0.25) is 0 Å². The largest absolute Gasteiger partial charge is 0.325 e. The fraction of sp³-hybridized carbons (Fsp3) is 0.100. The summed E-state index contributed by atoms with van der Waals surface area (Å²) in [5.74, 6) is -0.408. The normalized spacial score (nSPS) is 11.8. The molecular weight excluding hydrogens is 426 g/mol. The number of carbonyl (C=O) groups excluding carboxylic acids is 1. The molecule has 2 heterocycles. The minimum Gasteiger partial charge on any atom is -0.325 e. The Hall–Kier alpha value is -2.59.